The lowest BCUT2D eigenvalue weighted by molar-refractivity contribution is -0.137. The van der Waals surface area contributed by atoms with Crippen molar-refractivity contribution < 1.29 is 26.4 Å². The van der Waals surface area contributed by atoms with E-state index in [9.17, 15) is 26.4 Å². The van der Waals surface area contributed by atoms with Gasteiger partial charge in [-0.25, -0.2) is 18.4 Å². The zero-order valence-corrected chi connectivity index (χ0v) is 24.8. The normalized spacial score (nSPS) is 24.9. The Morgan fingerprint density at radius 2 is 1.82 bits per heavy atom. The van der Waals surface area contributed by atoms with E-state index in [4.69, 9.17) is 0 Å². The summed E-state index contributed by atoms with van der Waals surface area (Å²) in [6, 6.07) is 2.88. The minimum atomic E-state index is -4.52. The van der Waals surface area contributed by atoms with E-state index in [1.165, 1.54) is 12.4 Å². The Labute approximate surface area is 234 Å². The number of sulfone groups is 1. The molecule has 222 valence electrons. The first kappa shape index (κ1) is 30.5. The van der Waals surface area contributed by atoms with Gasteiger partial charge in [-0.1, -0.05) is 0 Å². The van der Waals surface area contributed by atoms with Crippen molar-refractivity contribution in [3.63, 3.8) is 0 Å². The number of carbonyl (C=O) groups is 1. The predicted molar refractivity (Wildman–Crippen MR) is 150 cm³/mol. The number of benzene rings is 1. The van der Waals surface area contributed by atoms with Gasteiger partial charge in [0.25, 0.3) is 0 Å². The third kappa shape index (κ3) is 6.22. The zero-order valence-electron chi connectivity index (χ0n) is 24.0. The first-order valence-electron chi connectivity index (χ1n) is 13.8. The molecule has 2 aromatic rings. The molecule has 2 fully saturated rings. The highest BCUT2D eigenvalue weighted by Gasteiger charge is 2.45. The van der Waals surface area contributed by atoms with Crippen LogP contribution in [0.25, 0.3) is 10.9 Å². The van der Waals surface area contributed by atoms with Crippen LogP contribution in [0.5, 0.6) is 0 Å². The number of fused-ring (bicyclic) bond motifs is 1. The molecule has 1 aromatic heterocycles. The maximum absolute atomic E-state index is 13.7. The van der Waals surface area contributed by atoms with E-state index in [2.05, 4.69) is 41.1 Å². The Morgan fingerprint density at radius 1 is 1.12 bits per heavy atom. The number of alkyl halides is 3. The van der Waals surface area contributed by atoms with Gasteiger partial charge in [0.15, 0.2) is 9.84 Å². The van der Waals surface area contributed by atoms with Crippen LogP contribution in [0.2, 0.25) is 0 Å². The fourth-order valence-electron chi connectivity index (χ4n) is 5.81. The van der Waals surface area contributed by atoms with Crippen LogP contribution < -0.4 is 5.32 Å². The molecule has 1 aliphatic heterocycles. The number of aromatic nitrogens is 2. The monoisotopic (exact) mass is 583 g/mol. The highest BCUT2D eigenvalue weighted by atomic mass is 32.2. The van der Waals surface area contributed by atoms with Gasteiger partial charge in [0.2, 0.25) is 5.91 Å². The number of hydrogen-bond acceptors (Lipinski definition) is 7. The molecule has 0 unspecified atom stereocenters. The van der Waals surface area contributed by atoms with E-state index in [0.717, 1.165) is 18.6 Å². The van der Waals surface area contributed by atoms with Gasteiger partial charge >= 0.3 is 6.18 Å². The van der Waals surface area contributed by atoms with Crippen LogP contribution in [0.15, 0.2) is 24.5 Å². The summed E-state index contributed by atoms with van der Waals surface area (Å²) in [5, 5.41) is 3.26. The SMILES string of the molecule is CC(C)N(C)[C@@H]1CC[C@H](N2CC[C@H](Nc3ncnc4ccc(C(F)(F)F)cc34)C2=O)[C@H](CS(=O)(=O)C(C)(C)C)C1. The second-order valence-corrected chi connectivity index (χ2v) is 15.2. The molecule has 40 heavy (non-hydrogen) atoms. The molecule has 0 bridgehead atoms. The second kappa shape index (κ2) is 11.1. The van der Waals surface area contributed by atoms with Crippen LogP contribution in [-0.2, 0) is 20.8 Å². The van der Waals surface area contributed by atoms with Crippen molar-refractivity contribution in [1.82, 2.24) is 19.8 Å². The standard InChI is InChI=1S/C28H40F3N5O3S/c1-17(2)35(6)20-8-10-24(18(13-20)15-40(38,39)27(3,4)5)36-12-11-23(26(36)37)34-25-21-14-19(28(29,30)31)7-9-22(21)32-16-33-25/h7,9,14,16-18,20,23-24H,8,10-13,15H2,1-6H3,(H,32,33,34)/t18-,20+,23-,24-/m0/s1. The number of rotatable bonds is 7. The van der Waals surface area contributed by atoms with Crippen LogP contribution in [-0.4, -0.2) is 82.4 Å². The molecule has 4 rings (SSSR count). The number of anilines is 1. The fraction of sp³-hybridized carbons (Fsp3) is 0.679. The van der Waals surface area contributed by atoms with E-state index < -0.39 is 32.4 Å². The molecule has 1 aromatic carbocycles. The largest absolute Gasteiger partial charge is 0.416 e. The lowest BCUT2D eigenvalue weighted by Gasteiger charge is -2.45. The molecule has 2 heterocycles. The second-order valence-electron chi connectivity index (χ2n) is 12.4. The van der Waals surface area contributed by atoms with Gasteiger partial charge < -0.3 is 15.1 Å². The number of nitrogens with zero attached hydrogens (tertiary/aromatic N) is 4. The van der Waals surface area contributed by atoms with Gasteiger partial charge in [-0.2, -0.15) is 13.2 Å². The molecule has 0 radical (unpaired) electrons. The van der Waals surface area contributed by atoms with Gasteiger partial charge in [0, 0.05) is 30.1 Å². The maximum atomic E-state index is 13.7. The minimum absolute atomic E-state index is 0.00223. The molecule has 4 atom stereocenters. The highest BCUT2D eigenvalue weighted by Crippen LogP contribution is 2.37. The topological polar surface area (TPSA) is 95.5 Å². The maximum Gasteiger partial charge on any atom is 0.416 e. The molecule has 8 nitrogen and oxygen atoms in total. The Balaban J connectivity index is 1.57. The Morgan fingerprint density at radius 3 is 2.45 bits per heavy atom. The number of likely N-dealkylation sites (tertiary alicyclic amines) is 1. The molecule has 1 aliphatic carbocycles. The third-order valence-corrected chi connectivity index (χ3v) is 11.3. The molecule has 2 aliphatic rings. The van der Waals surface area contributed by atoms with Gasteiger partial charge in [-0.15, -0.1) is 0 Å². The van der Waals surface area contributed by atoms with Gasteiger partial charge in [0.05, 0.1) is 21.6 Å². The predicted octanol–water partition coefficient (Wildman–Crippen LogP) is 4.75. The summed E-state index contributed by atoms with van der Waals surface area (Å²) < 4.78 is 65.7. The van der Waals surface area contributed by atoms with E-state index in [-0.39, 0.29) is 40.9 Å². The number of hydrogen-bond donors (Lipinski definition) is 1. The Bertz CT molecular complexity index is 1340. The molecular weight excluding hydrogens is 543 g/mol. The van der Waals surface area contributed by atoms with Crippen molar-refractivity contribution in [3.8, 4) is 0 Å². The molecule has 0 spiro atoms. The summed E-state index contributed by atoms with van der Waals surface area (Å²) in [5.41, 5.74) is -0.476. The van der Waals surface area contributed by atoms with Crippen molar-refractivity contribution in [3.05, 3.63) is 30.1 Å². The lowest BCUT2D eigenvalue weighted by Crippen LogP contribution is -2.53. The van der Waals surface area contributed by atoms with E-state index in [1.807, 2.05) is 0 Å². The van der Waals surface area contributed by atoms with Gasteiger partial charge in [0.1, 0.15) is 18.2 Å². The molecule has 1 saturated heterocycles. The van der Waals surface area contributed by atoms with Crippen LogP contribution in [0.3, 0.4) is 0 Å². The summed E-state index contributed by atoms with van der Waals surface area (Å²) in [5.74, 6) is -0.230. The molecule has 1 amide bonds. The third-order valence-electron chi connectivity index (χ3n) is 8.59. The number of halogens is 3. The highest BCUT2D eigenvalue weighted by molar-refractivity contribution is 7.92. The van der Waals surface area contributed by atoms with Gasteiger partial charge in [-0.05, 0) is 91.5 Å². The summed E-state index contributed by atoms with van der Waals surface area (Å²) in [6.45, 7) is 9.78. The summed E-state index contributed by atoms with van der Waals surface area (Å²) >= 11 is 0. The van der Waals surface area contributed by atoms with Crippen molar-refractivity contribution >= 4 is 32.5 Å². The van der Waals surface area contributed by atoms with Crippen molar-refractivity contribution in [2.45, 2.75) is 95.4 Å². The summed E-state index contributed by atoms with van der Waals surface area (Å²) in [4.78, 5) is 26.0. The van der Waals surface area contributed by atoms with Crippen molar-refractivity contribution in [2.24, 2.45) is 5.92 Å². The smallest absolute Gasteiger partial charge is 0.358 e. The zero-order chi connectivity index (χ0) is 29.6. The number of carbonyl (C=O) groups excluding carboxylic acids is 1. The average molecular weight is 584 g/mol. The lowest BCUT2D eigenvalue weighted by atomic mass is 9.81. The quantitative estimate of drug-likeness (QED) is 0.503. The van der Waals surface area contributed by atoms with Crippen molar-refractivity contribution in [1.29, 1.82) is 0 Å². The molecule has 1 N–H and O–H groups in total. The fourth-order valence-corrected chi connectivity index (χ4v) is 7.24. The average Bonchev–Trinajstić information content (AvgIpc) is 3.21. The molecular formula is C28H40F3N5O3S. The summed E-state index contributed by atoms with van der Waals surface area (Å²) in [7, 11) is -1.37. The number of amides is 1. The minimum Gasteiger partial charge on any atom is -0.358 e. The van der Waals surface area contributed by atoms with E-state index >= 15 is 0 Å². The van der Waals surface area contributed by atoms with Crippen LogP contribution in [0, 0.1) is 5.92 Å². The Hall–Kier alpha value is -2.47. The van der Waals surface area contributed by atoms with E-state index in [0.29, 0.717) is 37.4 Å². The van der Waals surface area contributed by atoms with Crippen molar-refractivity contribution in [2.75, 3.05) is 24.7 Å². The Kier molecular flexibility index (Phi) is 8.44. The first-order chi connectivity index (χ1) is 18.5. The number of nitrogens with one attached hydrogen (secondary N) is 1. The summed E-state index contributed by atoms with van der Waals surface area (Å²) in [6.07, 6.45) is -0.609. The first-order valence-corrected chi connectivity index (χ1v) is 15.5. The van der Waals surface area contributed by atoms with Crippen LogP contribution in [0.1, 0.15) is 65.9 Å². The van der Waals surface area contributed by atoms with Crippen LogP contribution in [0.4, 0.5) is 19.0 Å². The molecule has 1 saturated carbocycles. The van der Waals surface area contributed by atoms with E-state index in [1.54, 1.807) is 25.7 Å². The van der Waals surface area contributed by atoms with Crippen LogP contribution >= 0.6 is 0 Å². The molecule has 12 heteroatoms. The van der Waals surface area contributed by atoms with Gasteiger partial charge in [-0.3, -0.25) is 4.79 Å².